The van der Waals surface area contributed by atoms with E-state index in [9.17, 15) is 22.4 Å². The van der Waals surface area contributed by atoms with Crippen LogP contribution in [0.5, 0.6) is 0 Å². The van der Waals surface area contributed by atoms with Crippen LogP contribution in [0.2, 0.25) is 5.02 Å². The third-order valence-corrected chi connectivity index (χ3v) is 8.31. The molecule has 0 fully saturated rings. The Hall–Kier alpha value is -3.43. The van der Waals surface area contributed by atoms with Crippen LogP contribution in [0.15, 0.2) is 71.6 Å². The highest BCUT2D eigenvalue weighted by Gasteiger charge is 2.32. The summed E-state index contributed by atoms with van der Waals surface area (Å²) in [6, 6.07) is 15.7. The molecule has 202 valence electrons. The molecule has 1 N–H and O–H groups in total. The lowest BCUT2D eigenvalue weighted by atomic mass is 10.1. The van der Waals surface area contributed by atoms with Crippen molar-refractivity contribution in [2.45, 2.75) is 45.2 Å². The molecule has 0 unspecified atom stereocenters. The van der Waals surface area contributed by atoms with Crippen molar-refractivity contribution < 1.29 is 22.4 Å². The molecule has 1 atom stereocenters. The number of nitrogens with one attached hydrogen (secondary N) is 1. The molecule has 0 aromatic heterocycles. The summed E-state index contributed by atoms with van der Waals surface area (Å²) >= 11 is 6.32. The summed E-state index contributed by atoms with van der Waals surface area (Å²) in [4.78, 5) is 27.8. The zero-order chi connectivity index (χ0) is 28.0. The molecule has 3 aromatic rings. The smallest absolute Gasteiger partial charge is 0.264 e. The van der Waals surface area contributed by atoms with Gasteiger partial charge in [-0.15, -0.1) is 0 Å². The van der Waals surface area contributed by atoms with Crippen molar-refractivity contribution in [1.82, 2.24) is 10.2 Å². The number of hydrogen-bond acceptors (Lipinski definition) is 4. The first kappa shape index (κ1) is 29.1. The average Bonchev–Trinajstić information content (AvgIpc) is 2.88. The molecule has 0 saturated carbocycles. The molecule has 0 saturated heterocycles. The molecule has 0 aliphatic rings. The molecule has 38 heavy (non-hydrogen) atoms. The number of halogens is 2. The number of carbonyl (C=O) groups excluding carboxylic acids is 2. The van der Waals surface area contributed by atoms with Gasteiger partial charge in [0.05, 0.1) is 10.6 Å². The summed E-state index contributed by atoms with van der Waals surface area (Å²) in [5, 5.41) is 3.04. The lowest BCUT2D eigenvalue weighted by molar-refractivity contribution is -0.139. The molecule has 0 bridgehead atoms. The monoisotopic (exact) mass is 559 g/mol. The van der Waals surface area contributed by atoms with Crippen molar-refractivity contribution in [2.75, 3.05) is 17.4 Å². The van der Waals surface area contributed by atoms with Crippen LogP contribution in [-0.4, -0.2) is 44.3 Å². The zero-order valence-corrected chi connectivity index (χ0v) is 23.3. The lowest BCUT2D eigenvalue weighted by Crippen LogP contribution is -2.51. The molecular formula is C28H31ClFN3O4S. The highest BCUT2D eigenvalue weighted by Crippen LogP contribution is 2.28. The third kappa shape index (κ3) is 6.90. The van der Waals surface area contributed by atoms with Crippen molar-refractivity contribution in [3.8, 4) is 0 Å². The van der Waals surface area contributed by atoms with E-state index in [1.54, 1.807) is 45.0 Å². The predicted molar refractivity (Wildman–Crippen MR) is 147 cm³/mol. The number of amides is 2. The van der Waals surface area contributed by atoms with Gasteiger partial charge in [0.25, 0.3) is 10.0 Å². The maximum absolute atomic E-state index is 13.8. The van der Waals surface area contributed by atoms with E-state index in [1.807, 2.05) is 6.92 Å². The number of nitrogens with zero attached hydrogens (tertiary/aromatic N) is 2. The maximum atomic E-state index is 13.8. The number of benzene rings is 3. The molecule has 0 spiro atoms. The minimum Gasteiger partial charge on any atom is -0.355 e. The maximum Gasteiger partial charge on any atom is 0.264 e. The van der Waals surface area contributed by atoms with E-state index in [1.165, 1.54) is 47.4 Å². The number of anilines is 1. The molecule has 7 nitrogen and oxygen atoms in total. The van der Waals surface area contributed by atoms with E-state index in [0.29, 0.717) is 17.1 Å². The van der Waals surface area contributed by atoms with Gasteiger partial charge in [0.1, 0.15) is 18.4 Å². The van der Waals surface area contributed by atoms with Gasteiger partial charge >= 0.3 is 0 Å². The minimum absolute atomic E-state index is 0.00876. The summed E-state index contributed by atoms with van der Waals surface area (Å²) in [5.41, 5.74) is 2.42. The van der Waals surface area contributed by atoms with E-state index in [2.05, 4.69) is 5.32 Å². The fraction of sp³-hybridized carbons (Fsp3) is 0.286. The van der Waals surface area contributed by atoms with Crippen molar-refractivity contribution >= 4 is 39.1 Å². The molecular weight excluding hydrogens is 529 g/mol. The van der Waals surface area contributed by atoms with Crippen LogP contribution < -0.4 is 9.62 Å². The average molecular weight is 560 g/mol. The molecule has 0 heterocycles. The second kappa shape index (κ2) is 12.4. The van der Waals surface area contributed by atoms with Crippen LogP contribution in [0.4, 0.5) is 10.1 Å². The summed E-state index contributed by atoms with van der Waals surface area (Å²) < 4.78 is 42.1. The molecule has 0 aliphatic heterocycles. The largest absolute Gasteiger partial charge is 0.355 e. The van der Waals surface area contributed by atoms with Gasteiger partial charge in [0.2, 0.25) is 11.8 Å². The van der Waals surface area contributed by atoms with Crippen LogP contribution in [0.1, 0.15) is 30.5 Å². The van der Waals surface area contributed by atoms with Gasteiger partial charge in [-0.05, 0) is 75.2 Å². The van der Waals surface area contributed by atoms with Crippen LogP contribution in [0, 0.1) is 19.7 Å². The van der Waals surface area contributed by atoms with Gasteiger partial charge in [0.15, 0.2) is 0 Å². The van der Waals surface area contributed by atoms with E-state index in [-0.39, 0.29) is 17.1 Å². The molecule has 3 aromatic carbocycles. The van der Waals surface area contributed by atoms with Crippen molar-refractivity contribution in [3.05, 3.63) is 94.3 Å². The first-order valence-electron chi connectivity index (χ1n) is 12.1. The first-order valence-corrected chi connectivity index (χ1v) is 13.9. The Labute approximate surface area is 228 Å². The summed E-state index contributed by atoms with van der Waals surface area (Å²) in [5.74, 6) is -1.44. The summed E-state index contributed by atoms with van der Waals surface area (Å²) in [6.45, 7) is 6.70. The van der Waals surface area contributed by atoms with Crippen molar-refractivity contribution in [2.24, 2.45) is 0 Å². The second-order valence-electron chi connectivity index (χ2n) is 8.98. The van der Waals surface area contributed by atoms with E-state index in [4.69, 9.17) is 11.6 Å². The Balaban J connectivity index is 2.05. The standard InChI is InChI=1S/C28H31ClFN3O4S/c1-5-31-28(35)21(4)32(17-22-9-11-23(30)12-10-22)27(34)18-33(24-13-8-20(3)26(29)16-24)38(36,37)25-14-6-19(2)7-15-25/h6-16,21H,5,17-18H2,1-4H3,(H,31,35)/t21-/m1/s1. The number of likely N-dealkylation sites (N-methyl/N-ethyl adjacent to an activating group) is 1. The predicted octanol–water partition coefficient (Wildman–Crippen LogP) is 4.84. The number of hydrogen-bond donors (Lipinski definition) is 1. The molecule has 0 radical (unpaired) electrons. The Kier molecular flexibility index (Phi) is 9.51. The molecule has 10 heteroatoms. The van der Waals surface area contributed by atoms with Gasteiger partial charge in [-0.3, -0.25) is 13.9 Å². The fourth-order valence-electron chi connectivity index (χ4n) is 3.79. The summed E-state index contributed by atoms with van der Waals surface area (Å²) in [6.07, 6.45) is 0. The van der Waals surface area contributed by atoms with Gasteiger partial charge in [-0.25, -0.2) is 12.8 Å². The van der Waals surface area contributed by atoms with Crippen LogP contribution >= 0.6 is 11.6 Å². The number of sulfonamides is 1. The number of rotatable bonds is 10. The van der Waals surface area contributed by atoms with Crippen LogP contribution in [-0.2, 0) is 26.2 Å². The van der Waals surface area contributed by atoms with Crippen LogP contribution in [0.3, 0.4) is 0 Å². The Bertz CT molecular complexity index is 1400. The lowest BCUT2D eigenvalue weighted by Gasteiger charge is -2.32. The van der Waals surface area contributed by atoms with E-state index < -0.39 is 40.2 Å². The second-order valence-corrected chi connectivity index (χ2v) is 11.2. The SMILES string of the molecule is CCNC(=O)[C@@H](C)N(Cc1ccc(F)cc1)C(=O)CN(c1ccc(C)c(Cl)c1)S(=O)(=O)c1ccc(C)cc1. The Morgan fingerprint density at radius 3 is 2.21 bits per heavy atom. The van der Waals surface area contributed by atoms with Crippen molar-refractivity contribution in [3.63, 3.8) is 0 Å². The van der Waals surface area contributed by atoms with E-state index in [0.717, 1.165) is 15.4 Å². The normalized spacial score (nSPS) is 12.1. The van der Waals surface area contributed by atoms with Crippen molar-refractivity contribution in [1.29, 1.82) is 0 Å². The molecule has 3 rings (SSSR count). The Morgan fingerprint density at radius 1 is 1.00 bits per heavy atom. The topological polar surface area (TPSA) is 86.8 Å². The number of carbonyl (C=O) groups is 2. The number of aryl methyl sites for hydroxylation is 2. The minimum atomic E-state index is -4.19. The highest BCUT2D eigenvalue weighted by atomic mass is 35.5. The summed E-state index contributed by atoms with van der Waals surface area (Å²) in [7, 11) is -4.19. The molecule has 0 aliphatic carbocycles. The van der Waals surface area contributed by atoms with Gasteiger partial charge in [-0.2, -0.15) is 0 Å². The first-order chi connectivity index (χ1) is 17.9. The fourth-order valence-corrected chi connectivity index (χ4v) is 5.37. The van der Waals surface area contributed by atoms with Gasteiger partial charge in [-0.1, -0.05) is 47.5 Å². The quantitative estimate of drug-likeness (QED) is 0.385. The zero-order valence-electron chi connectivity index (χ0n) is 21.7. The van der Waals surface area contributed by atoms with Crippen LogP contribution in [0.25, 0.3) is 0 Å². The Morgan fingerprint density at radius 2 is 1.63 bits per heavy atom. The molecule has 2 amide bonds. The van der Waals surface area contributed by atoms with E-state index >= 15 is 0 Å². The van der Waals surface area contributed by atoms with Gasteiger partial charge in [0, 0.05) is 18.1 Å². The highest BCUT2D eigenvalue weighted by molar-refractivity contribution is 7.92. The third-order valence-electron chi connectivity index (χ3n) is 6.12. The van der Waals surface area contributed by atoms with Gasteiger partial charge < -0.3 is 10.2 Å².